The number of ether oxygens (including phenoxy) is 2. The lowest BCUT2D eigenvalue weighted by molar-refractivity contribution is -0.120. The highest BCUT2D eigenvalue weighted by atomic mass is 32.2. The van der Waals surface area contributed by atoms with Crippen LogP contribution in [0.3, 0.4) is 0 Å². The van der Waals surface area contributed by atoms with Crippen LogP contribution in [-0.4, -0.2) is 40.2 Å². The number of nitrogens with one attached hydrogen (secondary N) is 2. The minimum Gasteiger partial charge on any atom is -0.472 e. The fraction of sp³-hybridized carbons (Fsp3) is 0.143. The van der Waals surface area contributed by atoms with Gasteiger partial charge in [-0.15, -0.1) is 0 Å². The fourth-order valence-electron chi connectivity index (χ4n) is 4.23. The lowest BCUT2D eigenvalue weighted by Gasteiger charge is -2.25. The Balaban J connectivity index is 1.37. The SMILES string of the molecule is CN(C(=O)C(Cc1ccccc1)NC(=O)NS(=O)(=O)c1ccccc1-c1ccoc1)c1ccc2c(c1)OCO2. The summed E-state index contributed by atoms with van der Waals surface area (Å²) in [5, 5.41) is 2.55. The van der Waals surface area contributed by atoms with E-state index in [1.54, 1.807) is 49.5 Å². The molecular weight excluding hydrogens is 522 g/mol. The van der Waals surface area contributed by atoms with E-state index in [9.17, 15) is 18.0 Å². The van der Waals surface area contributed by atoms with Gasteiger partial charge in [0.25, 0.3) is 10.0 Å². The third-order valence-corrected chi connectivity index (χ3v) is 7.59. The van der Waals surface area contributed by atoms with E-state index in [2.05, 4.69) is 5.32 Å². The van der Waals surface area contributed by atoms with Crippen molar-refractivity contribution in [3.8, 4) is 22.6 Å². The van der Waals surface area contributed by atoms with Crippen molar-refractivity contribution in [2.75, 3.05) is 18.7 Å². The number of fused-ring (bicyclic) bond motifs is 1. The normalized spacial score (nSPS) is 12.9. The Bertz CT molecular complexity index is 1590. The summed E-state index contributed by atoms with van der Waals surface area (Å²) in [6.45, 7) is 0.0903. The Morgan fingerprint density at radius 3 is 2.46 bits per heavy atom. The lowest BCUT2D eigenvalue weighted by Crippen LogP contribution is -2.52. The van der Waals surface area contributed by atoms with Crippen LogP contribution in [0.5, 0.6) is 11.5 Å². The molecule has 39 heavy (non-hydrogen) atoms. The first-order chi connectivity index (χ1) is 18.8. The molecule has 4 aromatic rings. The van der Waals surface area contributed by atoms with Crippen LogP contribution in [-0.2, 0) is 21.2 Å². The van der Waals surface area contributed by atoms with Crippen LogP contribution >= 0.6 is 0 Å². The zero-order valence-corrected chi connectivity index (χ0v) is 21.7. The molecule has 11 heteroatoms. The molecule has 0 radical (unpaired) electrons. The third kappa shape index (κ3) is 5.73. The van der Waals surface area contributed by atoms with Crippen molar-refractivity contribution in [1.82, 2.24) is 10.0 Å². The number of furan rings is 1. The largest absolute Gasteiger partial charge is 0.472 e. The Labute approximate surface area is 225 Å². The van der Waals surface area contributed by atoms with Gasteiger partial charge in [0, 0.05) is 36.3 Å². The molecule has 3 aromatic carbocycles. The maximum absolute atomic E-state index is 13.6. The van der Waals surface area contributed by atoms with E-state index in [-0.39, 0.29) is 18.1 Å². The van der Waals surface area contributed by atoms with Gasteiger partial charge in [0.1, 0.15) is 6.04 Å². The molecule has 0 aliphatic carbocycles. The molecule has 10 nitrogen and oxygen atoms in total. The van der Waals surface area contributed by atoms with E-state index >= 15 is 0 Å². The van der Waals surface area contributed by atoms with Gasteiger partial charge in [-0.1, -0.05) is 48.5 Å². The summed E-state index contributed by atoms with van der Waals surface area (Å²) in [4.78, 5) is 27.9. The van der Waals surface area contributed by atoms with E-state index in [1.165, 1.54) is 23.5 Å². The summed E-state index contributed by atoms with van der Waals surface area (Å²) in [5.41, 5.74) is 2.21. The fourth-order valence-corrected chi connectivity index (χ4v) is 5.37. The quantitative estimate of drug-likeness (QED) is 0.342. The maximum atomic E-state index is 13.6. The van der Waals surface area contributed by atoms with Crippen molar-refractivity contribution < 1.29 is 31.9 Å². The summed E-state index contributed by atoms with van der Waals surface area (Å²) >= 11 is 0. The zero-order chi connectivity index (χ0) is 27.4. The first-order valence-electron chi connectivity index (χ1n) is 12.0. The number of nitrogens with zero attached hydrogens (tertiary/aromatic N) is 1. The van der Waals surface area contributed by atoms with Crippen molar-refractivity contribution in [2.45, 2.75) is 17.4 Å². The minimum absolute atomic E-state index is 0.0903. The monoisotopic (exact) mass is 547 g/mol. The van der Waals surface area contributed by atoms with Crippen molar-refractivity contribution in [3.63, 3.8) is 0 Å². The van der Waals surface area contributed by atoms with Crippen LogP contribution in [0.2, 0.25) is 0 Å². The van der Waals surface area contributed by atoms with Crippen LogP contribution in [0, 0.1) is 0 Å². The van der Waals surface area contributed by atoms with Crippen LogP contribution in [0.25, 0.3) is 11.1 Å². The molecule has 1 atom stereocenters. The highest BCUT2D eigenvalue weighted by molar-refractivity contribution is 7.90. The second kappa shape index (κ2) is 10.9. The van der Waals surface area contributed by atoms with E-state index < -0.39 is 28.0 Å². The van der Waals surface area contributed by atoms with Gasteiger partial charge in [-0.05, 0) is 29.8 Å². The van der Waals surface area contributed by atoms with Gasteiger partial charge in [-0.25, -0.2) is 17.9 Å². The molecular formula is C28H25N3O7S. The number of rotatable bonds is 8. The van der Waals surface area contributed by atoms with Crippen LogP contribution in [0.4, 0.5) is 10.5 Å². The maximum Gasteiger partial charge on any atom is 0.329 e. The molecule has 0 saturated heterocycles. The highest BCUT2D eigenvalue weighted by Crippen LogP contribution is 2.35. The molecule has 5 rings (SSSR count). The zero-order valence-electron chi connectivity index (χ0n) is 20.9. The van der Waals surface area contributed by atoms with E-state index in [0.29, 0.717) is 28.3 Å². The number of hydrogen-bond donors (Lipinski definition) is 2. The number of carbonyl (C=O) groups is 2. The first-order valence-corrected chi connectivity index (χ1v) is 13.5. The molecule has 1 aromatic heterocycles. The number of carbonyl (C=O) groups excluding carboxylic acids is 2. The van der Waals surface area contributed by atoms with Gasteiger partial charge >= 0.3 is 6.03 Å². The standard InChI is InChI=1S/C28H25N3O7S/c1-31(21-11-12-24-25(16-21)38-18-37-24)27(32)23(15-19-7-3-2-4-8-19)29-28(33)30-39(34,35)26-10-6-5-9-22(26)20-13-14-36-17-20/h2-14,16-17,23H,15,18H2,1H3,(H2,29,30,33). The number of likely N-dealkylation sites (N-methyl/N-ethyl adjacent to an activating group) is 1. The highest BCUT2D eigenvalue weighted by Gasteiger charge is 2.29. The molecule has 0 saturated carbocycles. The van der Waals surface area contributed by atoms with Gasteiger partial charge < -0.3 is 24.1 Å². The number of sulfonamides is 1. The summed E-state index contributed by atoms with van der Waals surface area (Å²) in [5.74, 6) is 0.614. The molecule has 1 aliphatic rings. The Kier molecular flexibility index (Phi) is 7.24. The molecule has 1 aliphatic heterocycles. The lowest BCUT2D eigenvalue weighted by atomic mass is 10.0. The summed E-state index contributed by atoms with van der Waals surface area (Å²) in [6, 6.07) is 19.9. The van der Waals surface area contributed by atoms with Gasteiger partial charge in [0.15, 0.2) is 11.5 Å². The first kappa shape index (κ1) is 25.9. The third-order valence-electron chi connectivity index (χ3n) is 6.20. The number of hydrogen-bond acceptors (Lipinski definition) is 7. The van der Waals surface area contributed by atoms with E-state index in [1.807, 2.05) is 35.1 Å². The van der Waals surface area contributed by atoms with Gasteiger partial charge in [0.2, 0.25) is 12.7 Å². The van der Waals surface area contributed by atoms with Crippen LogP contribution < -0.4 is 24.4 Å². The molecule has 200 valence electrons. The Morgan fingerprint density at radius 2 is 1.69 bits per heavy atom. The summed E-state index contributed by atoms with van der Waals surface area (Å²) in [7, 11) is -2.73. The predicted molar refractivity (Wildman–Crippen MR) is 143 cm³/mol. The molecule has 2 heterocycles. The average Bonchev–Trinajstić information content (AvgIpc) is 3.64. The van der Waals surface area contributed by atoms with Gasteiger partial charge in [-0.2, -0.15) is 0 Å². The molecule has 0 bridgehead atoms. The molecule has 3 amide bonds. The second-order valence-electron chi connectivity index (χ2n) is 8.76. The molecule has 2 N–H and O–H groups in total. The smallest absolute Gasteiger partial charge is 0.329 e. The molecule has 1 unspecified atom stereocenters. The average molecular weight is 548 g/mol. The van der Waals surface area contributed by atoms with Crippen LogP contribution in [0.15, 0.2) is 101 Å². The van der Waals surface area contributed by atoms with Crippen molar-refractivity contribution in [3.05, 3.63) is 97.0 Å². The summed E-state index contributed by atoms with van der Waals surface area (Å²) in [6.07, 6.45) is 2.97. The number of amides is 3. The number of anilines is 1. The van der Waals surface area contributed by atoms with E-state index in [0.717, 1.165) is 5.56 Å². The molecule has 0 spiro atoms. The second-order valence-corrected chi connectivity index (χ2v) is 10.4. The summed E-state index contributed by atoms with van der Waals surface area (Å²) < 4.78 is 44.3. The van der Waals surface area contributed by atoms with Crippen molar-refractivity contribution in [2.24, 2.45) is 0 Å². The minimum atomic E-state index is -4.30. The van der Waals surface area contributed by atoms with Gasteiger partial charge in [0.05, 0.1) is 17.4 Å². The number of urea groups is 1. The van der Waals surface area contributed by atoms with Crippen molar-refractivity contribution >= 4 is 27.6 Å². The predicted octanol–water partition coefficient (Wildman–Crippen LogP) is 3.94. The number of benzene rings is 3. The van der Waals surface area contributed by atoms with E-state index in [4.69, 9.17) is 13.9 Å². The van der Waals surface area contributed by atoms with Gasteiger partial charge in [-0.3, -0.25) is 4.79 Å². The van der Waals surface area contributed by atoms with Crippen LogP contribution in [0.1, 0.15) is 5.56 Å². The van der Waals surface area contributed by atoms with Crippen molar-refractivity contribution in [1.29, 1.82) is 0 Å². The topological polar surface area (TPSA) is 127 Å². The Hall–Kier alpha value is -4.77. The molecule has 0 fully saturated rings. The Morgan fingerprint density at radius 1 is 0.949 bits per heavy atom.